The van der Waals surface area contributed by atoms with E-state index in [1.807, 2.05) is 18.2 Å². The van der Waals surface area contributed by atoms with Gasteiger partial charge in [0.15, 0.2) is 17.3 Å². The normalized spacial score (nSPS) is 16.1. The zero-order valence-corrected chi connectivity index (χ0v) is 20.4. The minimum atomic E-state index is -0.886. The van der Waals surface area contributed by atoms with E-state index in [0.717, 1.165) is 56.0 Å². The van der Waals surface area contributed by atoms with Crippen LogP contribution < -0.4 is 10.6 Å². The number of rotatable bonds is 7. The fourth-order valence-electron chi connectivity index (χ4n) is 4.41. The SMILES string of the molecule is Fc1ccc(CNc2ncc3nc(Cc4c(Cl)cccc4Cl)n(C[C@@H]4CCCNC4)c3n2)cc1F. The molecule has 1 fully saturated rings. The Hall–Kier alpha value is -2.81. The van der Waals surface area contributed by atoms with Crippen molar-refractivity contribution in [2.75, 3.05) is 18.4 Å². The van der Waals surface area contributed by atoms with Gasteiger partial charge in [0, 0.05) is 29.6 Å². The van der Waals surface area contributed by atoms with Crippen molar-refractivity contribution in [1.29, 1.82) is 0 Å². The maximum atomic E-state index is 13.6. The fraction of sp³-hybridized carbons (Fsp3) is 0.320. The van der Waals surface area contributed by atoms with Crippen LogP contribution in [0.25, 0.3) is 11.2 Å². The molecule has 2 aromatic carbocycles. The molecule has 5 rings (SSSR count). The highest BCUT2D eigenvalue weighted by Gasteiger charge is 2.21. The molecule has 0 bridgehead atoms. The van der Waals surface area contributed by atoms with Crippen LogP contribution in [0.15, 0.2) is 42.6 Å². The summed E-state index contributed by atoms with van der Waals surface area (Å²) in [5.41, 5.74) is 2.78. The van der Waals surface area contributed by atoms with Crippen molar-refractivity contribution in [3.63, 3.8) is 0 Å². The summed E-state index contributed by atoms with van der Waals surface area (Å²) >= 11 is 12.9. The Morgan fingerprint density at radius 3 is 2.66 bits per heavy atom. The molecular weight excluding hydrogens is 493 g/mol. The standard InChI is InChI=1S/C25H24Cl2F2N6/c26-18-4-1-5-19(27)17(18)10-23-33-22-13-32-25(31-12-15-6-7-20(28)21(29)9-15)34-24(22)35(23)14-16-3-2-8-30-11-16/h1,4-7,9,13,16,30H,2-3,8,10-12,14H2,(H,31,32,34)/t16-/m1/s1. The Bertz CT molecular complexity index is 1330. The van der Waals surface area contributed by atoms with Crippen molar-refractivity contribution in [1.82, 2.24) is 24.8 Å². The van der Waals surface area contributed by atoms with Crippen LogP contribution in [0.5, 0.6) is 0 Å². The number of piperidine rings is 1. The van der Waals surface area contributed by atoms with Crippen molar-refractivity contribution in [2.24, 2.45) is 5.92 Å². The first-order valence-corrected chi connectivity index (χ1v) is 12.3. The second-order valence-corrected chi connectivity index (χ2v) is 9.55. The smallest absolute Gasteiger partial charge is 0.225 e. The van der Waals surface area contributed by atoms with E-state index in [-0.39, 0.29) is 6.54 Å². The summed E-state index contributed by atoms with van der Waals surface area (Å²) in [6.45, 7) is 2.97. The van der Waals surface area contributed by atoms with Crippen LogP contribution >= 0.6 is 23.2 Å². The van der Waals surface area contributed by atoms with Crippen molar-refractivity contribution in [3.05, 3.63) is 81.2 Å². The van der Waals surface area contributed by atoms with Gasteiger partial charge in [0.25, 0.3) is 0 Å². The van der Waals surface area contributed by atoms with Crippen LogP contribution in [0.1, 0.15) is 29.8 Å². The molecule has 2 N–H and O–H groups in total. The third-order valence-corrected chi connectivity index (χ3v) is 6.95. The number of hydrogen-bond acceptors (Lipinski definition) is 5. The summed E-state index contributed by atoms with van der Waals surface area (Å²) in [6, 6.07) is 9.25. The Kier molecular flexibility index (Phi) is 7.13. The van der Waals surface area contributed by atoms with Crippen molar-refractivity contribution in [3.8, 4) is 0 Å². The number of imidazole rings is 1. The predicted octanol–water partition coefficient (Wildman–Crippen LogP) is 5.61. The van der Waals surface area contributed by atoms with Crippen LogP contribution in [0, 0.1) is 17.6 Å². The molecule has 182 valence electrons. The molecule has 6 nitrogen and oxygen atoms in total. The molecule has 1 aliphatic rings. The second kappa shape index (κ2) is 10.4. The number of aromatic nitrogens is 4. The van der Waals surface area contributed by atoms with Gasteiger partial charge in [-0.25, -0.2) is 18.7 Å². The molecule has 2 aromatic heterocycles. The first kappa shape index (κ1) is 23.9. The van der Waals surface area contributed by atoms with Gasteiger partial charge in [-0.2, -0.15) is 4.98 Å². The van der Waals surface area contributed by atoms with Gasteiger partial charge >= 0.3 is 0 Å². The summed E-state index contributed by atoms with van der Waals surface area (Å²) in [6.07, 6.45) is 4.38. The highest BCUT2D eigenvalue weighted by atomic mass is 35.5. The van der Waals surface area contributed by atoms with Crippen molar-refractivity contribution in [2.45, 2.75) is 32.4 Å². The fourth-order valence-corrected chi connectivity index (χ4v) is 4.94. The monoisotopic (exact) mass is 516 g/mol. The van der Waals surface area contributed by atoms with Gasteiger partial charge in [-0.3, -0.25) is 0 Å². The number of nitrogens with one attached hydrogen (secondary N) is 2. The van der Waals surface area contributed by atoms with Gasteiger partial charge in [0.1, 0.15) is 11.3 Å². The third kappa shape index (κ3) is 5.39. The summed E-state index contributed by atoms with van der Waals surface area (Å²) in [7, 11) is 0. The lowest BCUT2D eigenvalue weighted by Gasteiger charge is -2.24. The second-order valence-electron chi connectivity index (χ2n) is 8.73. The molecule has 0 saturated carbocycles. The molecule has 3 heterocycles. The van der Waals surface area contributed by atoms with Gasteiger partial charge in [0.05, 0.1) is 6.20 Å². The third-order valence-electron chi connectivity index (χ3n) is 6.24. The first-order valence-electron chi connectivity index (χ1n) is 11.5. The Labute approximate surface area is 211 Å². The topological polar surface area (TPSA) is 67.7 Å². The largest absolute Gasteiger partial charge is 0.350 e. The van der Waals surface area contributed by atoms with E-state index in [2.05, 4.69) is 20.2 Å². The van der Waals surface area contributed by atoms with Crippen LogP contribution in [0.3, 0.4) is 0 Å². The molecule has 0 unspecified atom stereocenters. The minimum absolute atomic E-state index is 0.255. The summed E-state index contributed by atoms with van der Waals surface area (Å²) in [5.74, 6) is -0.128. The summed E-state index contributed by atoms with van der Waals surface area (Å²) in [5, 5.41) is 7.75. The quantitative estimate of drug-likeness (QED) is 0.334. The van der Waals surface area contributed by atoms with Crippen LogP contribution in [0.4, 0.5) is 14.7 Å². The first-order chi connectivity index (χ1) is 17.0. The van der Waals surface area contributed by atoms with E-state index in [0.29, 0.717) is 45.1 Å². The molecular formula is C25H24Cl2F2N6. The van der Waals surface area contributed by atoms with Crippen LogP contribution in [0.2, 0.25) is 10.0 Å². The van der Waals surface area contributed by atoms with Gasteiger partial charge in [-0.15, -0.1) is 0 Å². The lowest BCUT2D eigenvalue weighted by atomic mass is 9.99. The maximum Gasteiger partial charge on any atom is 0.225 e. The van der Waals surface area contributed by atoms with Crippen molar-refractivity contribution < 1.29 is 8.78 Å². The average Bonchev–Trinajstić information content (AvgIpc) is 3.19. The number of nitrogens with zero attached hydrogens (tertiary/aromatic N) is 4. The molecule has 0 radical (unpaired) electrons. The zero-order valence-electron chi connectivity index (χ0n) is 18.9. The molecule has 0 amide bonds. The van der Waals surface area contributed by atoms with Crippen molar-refractivity contribution >= 4 is 40.3 Å². The Morgan fingerprint density at radius 1 is 1.09 bits per heavy atom. The van der Waals surface area contributed by atoms with E-state index >= 15 is 0 Å². The molecule has 35 heavy (non-hydrogen) atoms. The van der Waals surface area contributed by atoms with Gasteiger partial charge < -0.3 is 15.2 Å². The molecule has 1 saturated heterocycles. The van der Waals surface area contributed by atoms with E-state index in [9.17, 15) is 8.78 Å². The summed E-state index contributed by atoms with van der Waals surface area (Å²) in [4.78, 5) is 13.9. The van der Waals surface area contributed by atoms with Gasteiger partial charge in [-0.05, 0) is 67.2 Å². The van der Waals surface area contributed by atoms with E-state index in [4.69, 9.17) is 33.2 Å². The van der Waals surface area contributed by atoms with E-state index in [1.54, 1.807) is 6.20 Å². The summed E-state index contributed by atoms with van der Waals surface area (Å²) < 4.78 is 28.9. The molecule has 10 heteroatoms. The van der Waals surface area contributed by atoms with Crippen LogP contribution in [-0.4, -0.2) is 32.6 Å². The number of fused-ring (bicyclic) bond motifs is 1. The number of benzene rings is 2. The molecule has 4 aromatic rings. The molecule has 1 atom stereocenters. The Balaban J connectivity index is 1.47. The highest BCUT2D eigenvalue weighted by Crippen LogP contribution is 2.29. The predicted molar refractivity (Wildman–Crippen MR) is 134 cm³/mol. The van der Waals surface area contributed by atoms with Gasteiger partial charge in [0.2, 0.25) is 5.95 Å². The molecule has 1 aliphatic heterocycles. The lowest BCUT2D eigenvalue weighted by molar-refractivity contribution is 0.337. The molecule has 0 aliphatic carbocycles. The number of halogens is 4. The van der Waals surface area contributed by atoms with Gasteiger partial charge in [-0.1, -0.05) is 35.3 Å². The van der Waals surface area contributed by atoms with Crippen LogP contribution in [-0.2, 0) is 19.5 Å². The molecule has 0 spiro atoms. The van der Waals surface area contributed by atoms with E-state index in [1.165, 1.54) is 6.07 Å². The van der Waals surface area contributed by atoms with E-state index < -0.39 is 11.6 Å². The maximum absolute atomic E-state index is 13.6. The highest BCUT2D eigenvalue weighted by molar-refractivity contribution is 6.36. The number of hydrogen-bond donors (Lipinski definition) is 2. The lowest BCUT2D eigenvalue weighted by Crippen LogP contribution is -2.32. The average molecular weight is 517 g/mol. The minimum Gasteiger partial charge on any atom is -0.350 e. The Morgan fingerprint density at radius 2 is 1.91 bits per heavy atom. The number of anilines is 1. The zero-order chi connectivity index (χ0) is 24.4.